The molecule has 0 radical (unpaired) electrons. The van der Waals surface area contributed by atoms with Crippen molar-refractivity contribution in [1.29, 1.82) is 0 Å². The molecule has 0 aliphatic rings. The molecule has 5 nitrogen and oxygen atoms in total. The van der Waals surface area contributed by atoms with Crippen molar-refractivity contribution in [3.8, 4) is 5.75 Å². The molecule has 2 aromatic rings. The summed E-state index contributed by atoms with van der Waals surface area (Å²) < 4.78 is 5.78. The van der Waals surface area contributed by atoms with Crippen molar-refractivity contribution in [2.24, 2.45) is 0 Å². The molecule has 0 heterocycles. The number of likely N-dealkylation sites (N-methyl/N-ethyl adjacent to an activating group) is 1. The van der Waals surface area contributed by atoms with Gasteiger partial charge in [0.15, 0.2) is 6.61 Å². The minimum Gasteiger partial charge on any atom is -0.483 e. The molecule has 0 aliphatic carbocycles. The number of ether oxygens (including phenoxy) is 1. The maximum Gasteiger partial charge on any atom is 0.261 e. The highest BCUT2D eigenvalue weighted by molar-refractivity contribution is 6.31. The van der Waals surface area contributed by atoms with Crippen molar-refractivity contribution in [3.05, 3.63) is 64.2 Å². The highest BCUT2D eigenvalue weighted by Crippen LogP contribution is 2.22. The van der Waals surface area contributed by atoms with Crippen molar-refractivity contribution < 1.29 is 14.3 Å². The van der Waals surface area contributed by atoms with E-state index in [9.17, 15) is 9.59 Å². The van der Waals surface area contributed by atoms with E-state index in [1.54, 1.807) is 13.1 Å². The first-order valence-electron chi connectivity index (χ1n) is 9.31. The number of carbonyl (C=O) groups is 2. The lowest BCUT2D eigenvalue weighted by molar-refractivity contribution is -0.142. The fraction of sp³-hybridized carbons (Fsp3) is 0.364. The van der Waals surface area contributed by atoms with Gasteiger partial charge in [0.1, 0.15) is 11.8 Å². The van der Waals surface area contributed by atoms with Crippen LogP contribution in [0.1, 0.15) is 30.0 Å². The van der Waals surface area contributed by atoms with Crippen LogP contribution >= 0.6 is 11.6 Å². The topological polar surface area (TPSA) is 58.6 Å². The number of nitrogens with one attached hydrogen (secondary N) is 1. The molecular weight excluding hydrogens is 376 g/mol. The summed E-state index contributed by atoms with van der Waals surface area (Å²) in [5.41, 5.74) is 2.79. The van der Waals surface area contributed by atoms with Crippen LogP contribution in [0.2, 0.25) is 5.02 Å². The predicted octanol–water partition coefficient (Wildman–Crippen LogP) is 3.89. The van der Waals surface area contributed by atoms with Gasteiger partial charge in [-0.05, 0) is 49.1 Å². The molecule has 0 aliphatic heterocycles. The highest BCUT2D eigenvalue weighted by Gasteiger charge is 2.28. The van der Waals surface area contributed by atoms with Crippen LogP contribution in [-0.2, 0) is 16.1 Å². The monoisotopic (exact) mass is 402 g/mol. The Hall–Kier alpha value is -2.53. The fourth-order valence-electron chi connectivity index (χ4n) is 2.98. The number of benzene rings is 2. The van der Waals surface area contributed by atoms with Gasteiger partial charge in [0.25, 0.3) is 5.91 Å². The van der Waals surface area contributed by atoms with Crippen LogP contribution in [0.25, 0.3) is 0 Å². The minimum absolute atomic E-state index is 0.151. The number of halogens is 1. The Bertz CT molecular complexity index is 838. The number of rotatable bonds is 8. The number of aryl methyl sites for hydroxylation is 2. The second-order valence-electron chi connectivity index (χ2n) is 6.71. The van der Waals surface area contributed by atoms with Gasteiger partial charge in [-0.15, -0.1) is 0 Å². The van der Waals surface area contributed by atoms with E-state index in [4.69, 9.17) is 16.3 Å². The Labute approximate surface area is 171 Å². The van der Waals surface area contributed by atoms with E-state index < -0.39 is 6.04 Å². The van der Waals surface area contributed by atoms with Crippen molar-refractivity contribution >= 4 is 23.4 Å². The zero-order valence-electron chi connectivity index (χ0n) is 16.8. The predicted molar refractivity (Wildman–Crippen MR) is 112 cm³/mol. The van der Waals surface area contributed by atoms with Crippen LogP contribution in [0.15, 0.2) is 42.5 Å². The molecule has 0 aromatic heterocycles. The average molecular weight is 403 g/mol. The normalized spacial score (nSPS) is 11.6. The summed E-state index contributed by atoms with van der Waals surface area (Å²) in [4.78, 5) is 26.9. The number of hydrogen-bond donors (Lipinski definition) is 1. The van der Waals surface area contributed by atoms with Gasteiger partial charge in [-0.3, -0.25) is 9.59 Å². The SMILES string of the molecule is CCC(C(=O)NC)N(Cc1ccccc1Cl)C(=O)COc1cc(C)ccc1C. The lowest BCUT2D eigenvalue weighted by atomic mass is 10.1. The number of carbonyl (C=O) groups excluding carboxylic acids is 2. The molecule has 6 heteroatoms. The first-order chi connectivity index (χ1) is 13.4. The van der Waals surface area contributed by atoms with Crippen LogP contribution in [0, 0.1) is 13.8 Å². The second kappa shape index (κ2) is 10.1. The molecule has 28 heavy (non-hydrogen) atoms. The standard InChI is InChI=1S/C22H27ClN2O3/c1-5-19(22(27)24-4)25(13-17-8-6-7-9-18(17)23)21(26)14-28-20-12-15(2)10-11-16(20)3/h6-12,19H,5,13-14H2,1-4H3,(H,24,27). The Morgan fingerprint density at radius 1 is 1.18 bits per heavy atom. The van der Waals surface area contributed by atoms with Gasteiger partial charge < -0.3 is 15.0 Å². The molecule has 0 bridgehead atoms. The average Bonchev–Trinajstić information content (AvgIpc) is 2.69. The van der Waals surface area contributed by atoms with E-state index in [0.29, 0.717) is 17.2 Å². The van der Waals surface area contributed by atoms with Crippen molar-refractivity contribution in [2.45, 2.75) is 39.8 Å². The summed E-state index contributed by atoms with van der Waals surface area (Å²) in [5.74, 6) is 0.185. The van der Waals surface area contributed by atoms with Crippen LogP contribution in [-0.4, -0.2) is 36.4 Å². The molecular formula is C22H27ClN2O3. The fourth-order valence-corrected chi connectivity index (χ4v) is 3.18. The van der Waals surface area contributed by atoms with Gasteiger partial charge in [0, 0.05) is 18.6 Å². The highest BCUT2D eigenvalue weighted by atomic mass is 35.5. The molecule has 0 saturated heterocycles. The summed E-state index contributed by atoms with van der Waals surface area (Å²) in [6, 6.07) is 12.6. The summed E-state index contributed by atoms with van der Waals surface area (Å²) in [6.07, 6.45) is 0.485. The molecule has 1 atom stereocenters. The Morgan fingerprint density at radius 3 is 2.54 bits per heavy atom. The molecule has 1 N–H and O–H groups in total. The van der Waals surface area contributed by atoms with Crippen LogP contribution in [0.4, 0.5) is 0 Å². The van der Waals surface area contributed by atoms with Crippen LogP contribution in [0.3, 0.4) is 0 Å². The number of hydrogen-bond acceptors (Lipinski definition) is 3. The Kier molecular flexibility index (Phi) is 7.88. The van der Waals surface area contributed by atoms with Gasteiger partial charge in [0.05, 0.1) is 0 Å². The van der Waals surface area contributed by atoms with Crippen molar-refractivity contribution in [2.75, 3.05) is 13.7 Å². The van der Waals surface area contributed by atoms with Gasteiger partial charge in [-0.1, -0.05) is 48.9 Å². The van der Waals surface area contributed by atoms with Crippen LogP contribution < -0.4 is 10.1 Å². The van der Waals surface area contributed by atoms with Gasteiger partial charge in [-0.2, -0.15) is 0 Å². The van der Waals surface area contributed by atoms with Gasteiger partial charge >= 0.3 is 0 Å². The molecule has 0 spiro atoms. The largest absolute Gasteiger partial charge is 0.483 e. The third kappa shape index (κ3) is 5.49. The first kappa shape index (κ1) is 21.8. The van der Waals surface area contributed by atoms with Crippen molar-refractivity contribution in [1.82, 2.24) is 10.2 Å². The van der Waals surface area contributed by atoms with E-state index in [2.05, 4.69) is 5.32 Å². The molecule has 0 saturated carbocycles. The maximum absolute atomic E-state index is 13.0. The molecule has 2 amide bonds. The first-order valence-corrected chi connectivity index (χ1v) is 9.69. The quantitative estimate of drug-likeness (QED) is 0.728. The summed E-state index contributed by atoms with van der Waals surface area (Å²) >= 11 is 6.28. The number of amides is 2. The smallest absolute Gasteiger partial charge is 0.261 e. The molecule has 2 aromatic carbocycles. The van der Waals surface area contributed by atoms with E-state index in [0.717, 1.165) is 16.7 Å². The maximum atomic E-state index is 13.0. The van der Waals surface area contributed by atoms with Crippen LogP contribution in [0.5, 0.6) is 5.75 Å². The Balaban J connectivity index is 2.24. The summed E-state index contributed by atoms with van der Waals surface area (Å²) in [7, 11) is 1.57. The van der Waals surface area contributed by atoms with Crippen molar-refractivity contribution in [3.63, 3.8) is 0 Å². The van der Waals surface area contributed by atoms with Gasteiger partial charge in [-0.25, -0.2) is 0 Å². The summed E-state index contributed by atoms with van der Waals surface area (Å²) in [5, 5.41) is 3.19. The zero-order valence-corrected chi connectivity index (χ0v) is 17.5. The third-order valence-electron chi connectivity index (χ3n) is 4.63. The van der Waals surface area contributed by atoms with E-state index in [1.807, 2.05) is 57.2 Å². The molecule has 2 rings (SSSR count). The lowest BCUT2D eigenvalue weighted by Gasteiger charge is -2.30. The lowest BCUT2D eigenvalue weighted by Crippen LogP contribution is -2.49. The third-order valence-corrected chi connectivity index (χ3v) is 4.99. The summed E-state index contributed by atoms with van der Waals surface area (Å²) in [6.45, 7) is 5.86. The van der Waals surface area contributed by atoms with E-state index >= 15 is 0 Å². The molecule has 1 unspecified atom stereocenters. The molecule has 0 fully saturated rings. The second-order valence-corrected chi connectivity index (χ2v) is 7.12. The Morgan fingerprint density at radius 2 is 1.89 bits per heavy atom. The number of nitrogens with zero attached hydrogens (tertiary/aromatic N) is 1. The minimum atomic E-state index is -0.601. The zero-order chi connectivity index (χ0) is 20.7. The van der Waals surface area contributed by atoms with E-state index in [1.165, 1.54) is 4.90 Å². The van der Waals surface area contributed by atoms with E-state index in [-0.39, 0.29) is 25.0 Å². The molecule has 150 valence electrons. The van der Waals surface area contributed by atoms with Gasteiger partial charge in [0.2, 0.25) is 5.91 Å².